The van der Waals surface area contributed by atoms with Crippen LogP contribution in [-0.2, 0) is 14.4 Å². The molecule has 0 rings (SSSR count). The number of carbonyl (C=O) groups excluding carboxylic acids is 1. The Labute approximate surface area is 62.0 Å². The van der Waals surface area contributed by atoms with Crippen molar-refractivity contribution in [3.63, 3.8) is 0 Å². The Morgan fingerprint density at radius 2 is 1.73 bits per heavy atom. The van der Waals surface area contributed by atoms with Gasteiger partial charge in [-0.25, -0.2) is 4.79 Å². The van der Waals surface area contributed by atoms with Gasteiger partial charge in [-0.1, -0.05) is 0 Å². The van der Waals surface area contributed by atoms with Gasteiger partial charge in [0.2, 0.25) is 0 Å². The molecule has 7 nitrogen and oxygen atoms in total. The lowest BCUT2D eigenvalue weighted by Gasteiger charge is -2.11. The number of hydrogen-bond acceptors (Lipinski definition) is 6. The molecule has 0 saturated carbocycles. The van der Waals surface area contributed by atoms with Gasteiger partial charge in [-0.05, 0) is 0 Å². The van der Waals surface area contributed by atoms with Gasteiger partial charge in [-0.15, -0.1) is 0 Å². The van der Waals surface area contributed by atoms with Gasteiger partial charge < -0.3 is 21.4 Å². The van der Waals surface area contributed by atoms with Crippen molar-refractivity contribution in [1.29, 1.82) is 0 Å². The second-order valence-corrected chi connectivity index (χ2v) is 1.83. The Kier molecular flexibility index (Phi) is 3.45. The first-order valence-corrected chi connectivity index (χ1v) is 2.65. The second-order valence-electron chi connectivity index (χ2n) is 1.83. The minimum atomic E-state index is -1.49. The molecule has 2 atom stereocenters. The molecule has 0 aliphatic carbocycles. The van der Waals surface area contributed by atoms with E-state index in [0.29, 0.717) is 0 Å². The molecule has 0 aromatic heterocycles. The van der Waals surface area contributed by atoms with E-state index in [2.05, 4.69) is 10.7 Å². The fourth-order valence-corrected chi connectivity index (χ4v) is 0.379. The third-order valence-corrected chi connectivity index (χ3v) is 1.06. The molecule has 0 aromatic rings. The van der Waals surface area contributed by atoms with Crippen LogP contribution >= 0.6 is 0 Å². The SMILES string of the molecule is NOC(=O)C(N)C(N)C(=O)O. The zero-order valence-corrected chi connectivity index (χ0v) is 5.56. The number of carboxylic acids is 1. The number of carbonyl (C=O) groups is 2. The Balaban J connectivity index is 4.12. The van der Waals surface area contributed by atoms with Crippen LogP contribution in [0.1, 0.15) is 0 Å². The summed E-state index contributed by atoms with van der Waals surface area (Å²) in [4.78, 5) is 24.2. The molecule has 2 unspecified atom stereocenters. The Hall–Kier alpha value is -1.18. The normalized spacial score (nSPS) is 15.2. The molecular weight excluding hydrogens is 154 g/mol. The minimum absolute atomic E-state index is 1.06. The molecule has 0 aliphatic rings. The van der Waals surface area contributed by atoms with E-state index in [0.717, 1.165) is 0 Å². The largest absolute Gasteiger partial charge is 0.480 e. The van der Waals surface area contributed by atoms with Crippen molar-refractivity contribution in [2.75, 3.05) is 0 Å². The summed E-state index contributed by atoms with van der Waals surface area (Å²) in [7, 11) is 0. The van der Waals surface area contributed by atoms with Gasteiger partial charge in [-0.2, -0.15) is 5.90 Å². The maximum absolute atomic E-state index is 10.4. The van der Waals surface area contributed by atoms with E-state index in [1.54, 1.807) is 0 Å². The first kappa shape index (κ1) is 9.82. The summed E-state index contributed by atoms with van der Waals surface area (Å²) in [5.41, 5.74) is 9.97. The van der Waals surface area contributed by atoms with Gasteiger partial charge in [0.25, 0.3) is 0 Å². The van der Waals surface area contributed by atoms with Gasteiger partial charge in [0.1, 0.15) is 12.1 Å². The highest BCUT2D eigenvalue weighted by Gasteiger charge is 2.27. The molecule has 0 amide bonds. The van der Waals surface area contributed by atoms with E-state index in [4.69, 9.17) is 16.6 Å². The van der Waals surface area contributed by atoms with E-state index in [9.17, 15) is 9.59 Å². The molecule has 11 heavy (non-hydrogen) atoms. The van der Waals surface area contributed by atoms with Crippen LogP contribution in [0.4, 0.5) is 0 Å². The quantitative estimate of drug-likeness (QED) is 0.328. The number of nitrogens with two attached hydrogens (primary N) is 3. The molecule has 0 fully saturated rings. The maximum Gasteiger partial charge on any atom is 0.343 e. The van der Waals surface area contributed by atoms with Crippen LogP contribution in [0.5, 0.6) is 0 Å². The third-order valence-electron chi connectivity index (χ3n) is 1.06. The minimum Gasteiger partial charge on any atom is -0.480 e. The third kappa shape index (κ3) is 2.50. The van der Waals surface area contributed by atoms with Gasteiger partial charge in [0.05, 0.1) is 0 Å². The monoisotopic (exact) mass is 163 g/mol. The van der Waals surface area contributed by atoms with E-state index in [1.165, 1.54) is 0 Å². The van der Waals surface area contributed by atoms with Gasteiger partial charge in [-0.3, -0.25) is 4.79 Å². The van der Waals surface area contributed by atoms with E-state index < -0.39 is 24.0 Å². The zero-order valence-electron chi connectivity index (χ0n) is 5.56. The fourth-order valence-electron chi connectivity index (χ4n) is 0.379. The first-order valence-electron chi connectivity index (χ1n) is 2.65. The molecule has 0 spiro atoms. The highest BCUT2D eigenvalue weighted by Crippen LogP contribution is 1.88. The van der Waals surface area contributed by atoms with Crippen molar-refractivity contribution in [1.82, 2.24) is 0 Å². The molecule has 0 radical (unpaired) electrons. The average molecular weight is 163 g/mol. The lowest BCUT2D eigenvalue weighted by molar-refractivity contribution is -0.150. The smallest absolute Gasteiger partial charge is 0.343 e. The molecule has 64 valence electrons. The van der Waals surface area contributed by atoms with Crippen molar-refractivity contribution in [2.45, 2.75) is 12.1 Å². The zero-order chi connectivity index (χ0) is 9.02. The fraction of sp³-hybridized carbons (Fsp3) is 0.500. The van der Waals surface area contributed by atoms with Gasteiger partial charge >= 0.3 is 11.9 Å². The van der Waals surface area contributed by atoms with E-state index in [-0.39, 0.29) is 0 Å². The lowest BCUT2D eigenvalue weighted by Crippen LogP contribution is -2.52. The Morgan fingerprint density at radius 3 is 2.00 bits per heavy atom. The highest BCUT2D eigenvalue weighted by atomic mass is 16.7. The van der Waals surface area contributed by atoms with Crippen LogP contribution in [0.15, 0.2) is 0 Å². The molecular formula is C4H9N3O4. The summed E-state index contributed by atoms with van der Waals surface area (Å²) in [5, 5.41) is 8.24. The van der Waals surface area contributed by atoms with Crippen LogP contribution in [-0.4, -0.2) is 29.1 Å². The van der Waals surface area contributed by atoms with Gasteiger partial charge in [0, 0.05) is 0 Å². The van der Waals surface area contributed by atoms with Crippen LogP contribution in [0.2, 0.25) is 0 Å². The molecule has 0 heterocycles. The predicted octanol–water partition coefficient (Wildman–Crippen LogP) is -2.86. The number of carboxylic acid groups (broad SMARTS) is 1. The van der Waals surface area contributed by atoms with Crippen molar-refractivity contribution in [3.8, 4) is 0 Å². The molecule has 7 heteroatoms. The Morgan fingerprint density at radius 1 is 1.27 bits per heavy atom. The van der Waals surface area contributed by atoms with Gasteiger partial charge in [0.15, 0.2) is 0 Å². The molecule has 0 bridgehead atoms. The number of rotatable bonds is 3. The van der Waals surface area contributed by atoms with Crippen molar-refractivity contribution in [2.24, 2.45) is 17.4 Å². The predicted molar refractivity (Wildman–Crippen MR) is 33.9 cm³/mol. The second kappa shape index (κ2) is 3.86. The lowest BCUT2D eigenvalue weighted by atomic mass is 10.1. The standard InChI is InChI=1S/C4H9N3O4/c5-1(3(8)9)2(6)4(10)11-7/h1-2H,5-7H2,(H,8,9). The molecule has 7 N–H and O–H groups in total. The summed E-state index contributed by atoms with van der Waals surface area (Å²) in [6.07, 6.45) is 0. The number of aliphatic carboxylic acids is 1. The summed E-state index contributed by atoms with van der Waals surface area (Å²) < 4.78 is 0. The summed E-state index contributed by atoms with van der Waals surface area (Å²) in [5.74, 6) is 1.99. The Bertz CT molecular complexity index is 171. The van der Waals surface area contributed by atoms with Crippen molar-refractivity contribution < 1.29 is 19.5 Å². The summed E-state index contributed by atoms with van der Waals surface area (Å²) in [6, 6.07) is -2.93. The molecule has 0 aliphatic heterocycles. The maximum atomic E-state index is 10.4. The summed E-state index contributed by atoms with van der Waals surface area (Å²) >= 11 is 0. The van der Waals surface area contributed by atoms with E-state index in [1.807, 2.05) is 0 Å². The highest BCUT2D eigenvalue weighted by molar-refractivity contribution is 5.85. The number of hydrogen-bond donors (Lipinski definition) is 4. The van der Waals surface area contributed by atoms with Crippen LogP contribution in [0.25, 0.3) is 0 Å². The van der Waals surface area contributed by atoms with Crippen molar-refractivity contribution >= 4 is 11.9 Å². The topological polar surface area (TPSA) is 142 Å². The van der Waals surface area contributed by atoms with Crippen LogP contribution in [0, 0.1) is 0 Å². The molecule has 0 aromatic carbocycles. The summed E-state index contributed by atoms with van der Waals surface area (Å²) in [6.45, 7) is 0. The first-order chi connectivity index (χ1) is 5.00. The molecule has 0 saturated heterocycles. The van der Waals surface area contributed by atoms with E-state index >= 15 is 0 Å². The average Bonchev–Trinajstić information content (AvgIpc) is 2.00. The van der Waals surface area contributed by atoms with Crippen molar-refractivity contribution in [3.05, 3.63) is 0 Å². The van der Waals surface area contributed by atoms with Crippen LogP contribution in [0.3, 0.4) is 0 Å². The van der Waals surface area contributed by atoms with Crippen LogP contribution < -0.4 is 17.4 Å².